The Labute approximate surface area is 249 Å². The summed E-state index contributed by atoms with van der Waals surface area (Å²) in [5, 5.41) is 38.8. The smallest absolute Gasteiger partial charge is 0.394 e. The average molecular weight is 677 g/mol. The van der Waals surface area contributed by atoms with Crippen LogP contribution in [-0.2, 0) is 32.2 Å². The molecule has 6 heterocycles. The van der Waals surface area contributed by atoms with E-state index in [2.05, 4.69) is 35.2 Å². The minimum absolute atomic E-state index is 0.0301. The Bertz CT molecular complexity index is 1850. The number of hydrogen-bond donors (Lipinski definition) is 8. The number of nitrogen functional groups attached to an aromatic ring is 2. The molecule has 0 saturated carbocycles. The Morgan fingerprint density at radius 1 is 1.07 bits per heavy atom. The number of aromatic amines is 1. The molecular formula is C19H25N11O13P2. The van der Waals surface area contributed by atoms with Crippen LogP contribution < -0.4 is 17.0 Å². The zero-order valence-electron chi connectivity index (χ0n) is 22.4. The Balaban J connectivity index is 1.22. The van der Waals surface area contributed by atoms with E-state index in [-0.39, 0.29) is 34.1 Å². The number of phosphoric ester groups is 1. The zero-order chi connectivity index (χ0) is 32.2. The normalized spacial score (nSPS) is 30.7. The molecule has 0 amide bonds. The molecule has 6 rings (SSSR count). The summed E-state index contributed by atoms with van der Waals surface area (Å²) in [7, 11) is -8.87. The minimum Gasteiger partial charge on any atom is -0.394 e. The SMILES string of the molecule is Nc1nc2c(nnn2[C@@H]2O[C@H](CO)[C@@H](O)[C@H]2OP(=O)(O)OC[C@H]2O[C@@H](n3cnc4c(N)ncnc43)[C@H](O)[C@@H]2O[PH](=O)O)c(=O)[nH]1. The first-order valence-corrected chi connectivity index (χ1v) is 15.5. The van der Waals surface area contributed by atoms with Crippen molar-refractivity contribution in [1.29, 1.82) is 0 Å². The van der Waals surface area contributed by atoms with Gasteiger partial charge in [-0.1, -0.05) is 5.21 Å². The second kappa shape index (κ2) is 12.0. The quantitative estimate of drug-likeness (QED) is 0.0748. The van der Waals surface area contributed by atoms with Crippen LogP contribution in [0.15, 0.2) is 17.4 Å². The second-order valence-corrected chi connectivity index (χ2v) is 11.9. The van der Waals surface area contributed by atoms with Gasteiger partial charge in [-0.3, -0.25) is 28.0 Å². The van der Waals surface area contributed by atoms with Crippen LogP contribution in [0.5, 0.6) is 0 Å². The first-order valence-electron chi connectivity index (χ1n) is 12.8. The van der Waals surface area contributed by atoms with Gasteiger partial charge < -0.3 is 50.6 Å². The topological polar surface area (TPSA) is 354 Å². The molecule has 2 fully saturated rings. The molecular weight excluding hydrogens is 652 g/mol. The standard InChI is InChI=1S/C19H25N11O13P2/c20-13-7-14(23-3-22-13)29(4-24-7)17-10(33)11(42-44(35)36)6(41-17)2-39-45(37,38)43-12-9(32)5(1-31)40-18(12)30-15-8(27-28-30)16(34)26-19(21)25-15/h3-6,9-12,17-18,31-33,44H,1-2H2,(H,35,36)(H,37,38)(H2,20,22,23)(H3,21,25,26,34)/t5-,6-,9-,10-,11-,12-,17-,18-/m1/s1. The molecule has 2 aliphatic heterocycles. The number of ether oxygens (including phenoxy) is 2. The highest BCUT2D eigenvalue weighted by Crippen LogP contribution is 2.50. The van der Waals surface area contributed by atoms with Gasteiger partial charge in [0.1, 0.15) is 48.5 Å². The molecule has 24 nitrogen and oxygen atoms in total. The highest BCUT2D eigenvalue weighted by molar-refractivity contribution is 7.47. The van der Waals surface area contributed by atoms with Gasteiger partial charge in [0.05, 0.1) is 19.5 Å². The number of phosphoric acid groups is 1. The van der Waals surface area contributed by atoms with Gasteiger partial charge in [0.15, 0.2) is 35.1 Å². The summed E-state index contributed by atoms with van der Waals surface area (Å²) in [6, 6.07) is 0. The zero-order valence-corrected chi connectivity index (χ0v) is 24.3. The van der Waals surface area contributed by atoms with Gasteiger partial charge in [0.2, 0.25) is 5.95 Å². The fraction of sp³-hybridized carbons (Fsp3) is 0.526. The number of imidazole rings is 1. The van der Waals surface area contributed by atoms with Crippen molar-refractivity contribution in [3.05, 3.63) is 23.0 Å². The van der Waals surface area contributed by atoms with Gasteiger partial charge in [-0.15, -0.1) is 5.10 Å². The van der Waals surface area contributed by atoms with Crippen molar-refractivity contribution in [1.82, 2.24) is 44.5 Å². The molecule has 45 heavy (non-hydrogen) atoms. The lowest BCUT2D eigenvalue weighted by Gasteiger charge is -2.24. The molecule has 26 heteroatoms. The van der Waals surface area contributed by atoms with E-state index in [1.165, 1.54) is 10.9 Å². The molecule has 10 atom stereocenters. The summed E-state index contributed by atoms with van der Waals surface area (Å²) in [5.41, 5.74) is 10.4. The van der Waals surface area contributed by atoms with Crippen molar-refractivity contribution in [3.63, 3.8) is 0 Å². The lowest BCUT2D eigenvalue weighted by molar-refractivity contribution is -0.0644. The summed E-state index contributed by atoms with van der Waals surface area (Å²) in [6.45, 7) is -1.62. The van der Waals surface area contributed by atoms with E-state index in [0.717, 1.165) is 11.0 Å². The van der Waals surface area contributed by atoms with Crippen LogP contribution in [0.4, 0.5) is 11.8 Å². The van der Waals surface area contributed by atoms with Crippen LogP contribution in [0.3, 0.4) is 0 Å². The fourth-order valence-electron chi connectivity index (χ4n) is 4.96. The first-order chi connectivity index (χ1) is 21.4. The average Bonchev–Trinajstić information content (AvgIpc) is 3.73. The molecule has 0 aliphatic carbocycles. The third-order valence-corrected chi connectivity index (χ3v) is 8.41. The third-order valence-electron chi connectivity index (χ3n) is 6.95. The molecule has 0 spiro atoms. The number of nitrogens with zero attached hydrogens (tertiary/aromatic N) is 8. The number of fused-ring (bicyclic) bond motifs is 2. The molecule has 2 aliphatic rings. The van der Waals surface area contributed by atoms with E-state index in [0.29, 0.717) is 0 Å². The molecule has 0 aromatic carbocycles. The van der Waals surface area contributed by atoms with Gasteiger partial charge in [0.25, 0.3) is 5.56 Å². The van der Waals surface area contributed by atoms with Crippen LogP contribution >= 0.6 is 16.1 Å². The van der Waals surface area contributed by atoms with Crippen molar-refractivity contribution in [3.8, 4) is 0 Å². The highest BCUT2D eigenvalue weighted by Gasteiger charge is 2.51. The van der Waals surface area contributed by atoms with Gasteiger partial charge in [-0.05, 0) is 0 Å². The predicted molar refractivity (Wildman–Crippen MR) is 144 cm³/mol. The maximum Gasteiger partial charge on any atom is 0.472 e. The number of aliphatic hydroxyl groups excluding tert-OH is 3. The summed E-state index contributed by atoms with van der Waals surface area (Å²) in [5.74, 6) is -0.289. The van der Waals surface area contributed by atoms with Crippen LogP contribution in [-0.4, -0.2) is 119 Å². The fourth-order valence-corrected chi connectivity index (χ4v) is 6.42. The van der Waals surface area contributed by atoms with Crippen molar-refractivity contribution in [2.75, 3.05) is 24.7 Å². The number of hydrogen-bond acceptors (Lipinski definition) is 19. The number of aromatic nitrogens is 9. The molecule has 244 valence electrons. The molecule has 2 unspecified atom stereocenters. The Kier molecular flexibility index (Phi) is 8.40. The number of anilines is 2. The summed E-state index contributed by atoms with van der Waals surface area (Å²) < 4.78 is 53.4. The summed E-state index contributed by atoms with van der Waals surface area (Å²) in [6.07, 6.45) is -10.1. The maximum atomic E-state index is 13.1. The van der Waals surface area contributed by atoms with E-state index < -0.39 is 83.9 Å². The Morgan fingerprint density at radius 2 is 1.82 bits per heavy atom. The number of nitrogens with two attached hydrogens (primary N) is 2. The molecule has 2 saturated heterocycles. The first kappa shape index (κ1) is 31.5. The van der Waals surface area contributed by atoms with Crippen LogP contribution in [0.25, 0.3) is 22.3 Å². The van der Waals surface area contributed by atoms with Crippen molar-refractivity contribution >= 4 is 50.2 Å². The Hall–Kier alpha value is -3.51. The van der Waals surface area contributed by atoms with Gasteiger partial charge in [-0.25, -0.2) is 19.5 Å². The number of aliphatic hydroxyl groups is 3. The van der Waals surface area contributed by atoms with E-state index in [4.69, 9.17) is 34.5 Å². The third kappa shape index (κ3) is 5.82. The van der Waals surface area contributed by atoms with Crippen LogP contribution in [0.2, 0.25) is 0 Å². The number of nitrogens with one attached hydrogen (secondary N) is 1. The largest absolute Gasteiger partial charge is 0.472 e. The van der Waals surface area contributed by atoms with Crippen molar-refractivity contribution in [2.45, 2.75) is 49.1 Å². The minimum atomic E-state index is -5.20. The van der Waals surface area contributed by atoms with Gasteiger partial charge in [-0.2, -0.15) is 9.67 Å². The van der Waals surface area contributed by atoms with Crippen LogP contribution in [0, 0.1) is 0 Å². The lowest BCUT2D eigenvalue weighted by atomic mass is 10.1. The van der Waals surface area contributed by atoms with Crippen molar-refractivity contribution < 1.29 is 57.3 Å². The van der Waals surface area contributed by atoms with Crippen LogP contribution in [0.1, 0.15) is 12.5 Å². The van der Waals surface area contributed by atoms with Gasteiger partial charge in [0, 0.05) is 0 Å². The second-order valence-electron chi connectivity index (χ2n) is 9.72. The van der Waals surface area contributed by atoms with E-state index in [1.54, 1.807) is 0 Å². The molecule has 10 N–H and O–H groups in total. The van der Waals surface area contributed by atoms with Gasteiger partial charge >= 0.3 is 16.1 Å². The molecule has 0 radical (unpaired) electrons. The van der Waals surface area contributed by atoms with E-state index >= 15 is 0 Å². The summed E-state index contributed by atoms with van der Waals surface area (Å²) >= 11 is 0. The van der Waals surface area contributed by atoms with E-state index in [9.17, 15) is 39.0 Å². The predicted octanol–water partition coefficient (Wildman–Crippen LogP) is -3.70. The molecule has 4 aromatic rings. The Morgan fingerprint density at radius 3 is 2.56 bits per heavy atom. The monoisotopic (exact) mass is 677 g/mol. The summed E-state index contributed by atoms with van der Waals surface area (Å²) in [4.78, 5) is 50.3. The highest BCUT2D eigenvalue weighted by atomic mass is 31.2. The number of rotatable bonds is 10. The lowest BCUT2D eigenvalue weighted by Crippen LogP contribution is -2.36. The van der Waals surface area contributed by atoms with Crippen molar-refractivity contribution in [2.24, 2.45) is 0 Å². The van der Waals surface area contributed by atoms with E-state index in [1.807, 2.05) is 0 Å². The number of H-pyrrole nitrogens is 1. The maximum absolute atomic E-state index is 13.1. The molecule has 4 aromatic heterocycles. The molecule has 0 bridgehead atoms.